The van der Waals surface area contributed by atoms with E-state index in [1.165, 1.54) is 38.6 Å². The quantitative estimate of drug-likeness (QED) is 0.667. The molecule has 2 aliphatic carbocycles. The summed E-state index contributed by atoms with van der Waals surface area (Å²) in [4.78, 5) is 13.5. The number of carbonyl (C=O) groups excluding carboxylic acids is 1. The summed E-state index contributed by atoms with van der Waals surface area (Å²) in [5.74, 6) is 1.36. The van der Waals surface area contributed by atoms with Gasteiger partial charge >= 0.3 is 0 Å². The van der Waals surface area contributed by atoms with Gasteiger partial charge in [-0.2, -0.15) is 0 Å². The van der Waals surface area contributed by atoms with E-state index in [-0.39, 0.29) is 0 Å². The van der Waals surface area contributed by atoms with Gasteiger partial charge in [-0.15, -0.1) is 0 Å². The van der Waals surface area contributed by atoms with Gasteiger partial charge in [-0.25, -0.2) is 0 Å². The van der Waals surface area contributed by atoms with Gasteiger partial charge in [-0.05, 0) is 37.0 Å². The smallest absolute Gasteiger partial charge is 0.148 e. The zero-order valence-corrected chi connectivity index (χ0v) is 8.80. The van der Waals surface area contributed by atoms with E-state index < -0.39 is 0 Å². The van der Waals surface area contributed by atoms with Crippen LogP contribution in [0.3, 0.4) is 0 Å². The van der Waals surface area contributed by atoms with Crippen molar-refractivity contribution in [3.05, 3.63) is 0 Å². The number of carbonyl (C=O) groups is 1. The van der Waals surface area contributed by atoms with E-state index in [2.05, 4.69) is 4.90 Å². The summed E-state index contributed by atoms with van der Waals surface area (Å²) in [5, 5.41) is 0. The molecule has 3 fully saturated rings. The Hall–Kier alpha value is -0.370. The van der Waals surface area contributed by atoms with Crippen LogP contribution in [-0.2, 0) is 4.79 Å². The number of hydrogen-bond acceptors (Lipinski definition) is 2. The molecule has 1 aliphatic heterocycles. The summed E-state index contributed by atoms with van der Waals surface area (Å²) in [5.41, 5.74) is 0.800. The summed E-state index contributed by atoms with van der Waals surface area (Å²) in [6.07, 6.45) is 8.16. The van der Waals surface area contributed by atoms with Crippen molar-refractivity contribution in [3.8, 4) is 0 Å². The maximum atomic E-state index is 11.1. The van der Waals surface area contributed by atoms with Gasteiger partial charge in [0.25, 0.3) is 0 Å². The monoisotopic (exact) mass is 193 g/mol. The highest BCUT2D eigenvalue weighted by molar-refractivity contribution is 5.82. The predicted octanol–water partition coefficient (Wildman–Crippen LogP) is 1.84. The number of rotatable bonds is 2. The zero-order valence-electron chi connectivity index (χ0n) is 8.80. The van der Waals surface area contributed by atoms with Crippen molar-refractivity contribution in [2.24, 2.45) is 11.3 Å². The molecule has 1 spiro atoms. The molecule has 0 aromatic rings. The molecule has 1 saturated heterocycles. The molecule has 0 bridgehead atoms. The van der Waals surface area contributed by atoms with Crippen molar-refractivity contribution in [1.29, 1.82) is 0 Å². The van der Waals surface area contributed by atoms with Gasteiger partial charge in [-0.1, -0.05) is 6.42 Å². The summed E-state index contributed by atoms with van der Waals surface area (Å²) >= 11 is 0. The molecule has 78 valence electrons. The minimum atomic E-state index is 0.447. The molecule has 2 nitrogen and oxygen atoms in total. The lowest BCUT2D eigenvalue weighted by molar-refractivity contribution is -0.117. The van der Waals surface area contributed by atoms with E-state index in [9.17, 15) is 4.79 Å². The van der Waals surface area contributed by atoms with Crippen molar-refractivity contribution in [2.45, 2.75) is 38.5 Å². The van der Waals surface area contributed by atoms with E-state index in [1.54, 1.807) is 0 Å². The van der Waals surface area contributed by atoms with Gasteiger partial charge in [0.05, 0.1) is 6.54 Å². The minimum absolute atomic E-state index is 0.447. The van der Waals surface area contributed by atoms with Crippen LogP contribution in [0.25, 0.3) is 0 Å². The largest absolute Gasteiger partial charge is 0.298 e. The first-order valence-electron chi connectivity index (χ1n) is 6.00. The lowest BCUT2D eigenvalue weighted by Gasteiger charge is -2.55. The van der Waals surface area contributed by atoms with Crippen LogP contribution in [0.5, 0.6) is 0 Å². The van der Waals surface area contributed by atoms with Gasteiger partial charge in [0.2, 0.25) is 0 Å². The van der Waals surface area contributed by atoms with Crippen LogP contribution >= 0.6 is 0 Å². The van der Waals surface area contributed by atoms with Gasteiger partial charge in [-0.3, -0.25) is 9.69 Å². The second-order valence-corrected chi connectivity index (χ2v) is 5.65. The Kier molecular flexibility index (Phi) is 1.94. The molecule has 0 aromatic carbocycles. The van der Waals surface area contributed by atoms with Crippen LogP contribution in [0.15, 0.2) is 0 Å². The molecule has 0 aromatic heterocycles. The van der Waals surface area contributed by atoms with E-state index in [0.29, 0.717) is 5.78 Å². The summed E-state index contributed by atoms with van der Waals surface area (Å²) < 4.78 is 0. The topological polar surface area (TPSA) is 20.3 Å². The number of ketones is 1. The standard InChI is InChI=1S/C12H19NO/c14-11-2-5-13(9-11)8-10-6-12(7-10)3-1-4-12/h10H,1-9H2. The Morgan fingerprint density at radius 2 is 2.14 bits per heavy atom. The molecular formula is C12H19NO. The summed E-state index contributed by atoms with van der Waals surface area (Å²) in [7, 11) is 0. The highest BCUT2D eigenvalue weighted by atomic mass is 16.1. The first-order valence-corrected chi connectivity index (χ1v) is 6.00. The van der Waals surface area contributed by atoms with Crippen LogP contribution in [0.1, 0.15) is 38.5 Å². The molecule has 0 N–H and O–H groups in total. The van der Waals surface area contributed by atoms with Gasteiger partial charge in [0.15, 0.2) is 0 Å². The molecule has 1 heterocycles. The van der Waals surface area contributed by atoms with E-state index >= 15 is 0 Å². The minimum Gasteiger partial charge on any atom is -0.298 e. The van der Waals surface area contributed by atoms with E-state index in [4.69, 9.17) is 0 Å². The maximum Gasteiger partial charge on any atom is 0.148 e. The van der Waals surface area contributed by atoms with Gasteiger partial charge in [0, 0.05) is 19.5 Å². The SMILES string of the molecule is O=C1CCN(CC2CC3(CCC3)C2)C1. The number of nitrogens with zero attached hydrogens (tertiary/aromatic N) is 1. The Bertz CT molecular complexity index is 249. The lowest BCUT2D eigenvalue weighted by Crippen LogP contribution is -2.46. The number of likely N-dealkylation sites (tertiary alicyclic amines) is 1. The van der Waals surface area contributed by atoms with Crippen LogP contribution in [0, 0.1) is 11.3 Å². The molecule has 3 aliphatic rings. The lowest BCUT2D eigenvalue weighted by atomic mass is 9.52. The highest BCUT2D eigenvalue weighted by Gasteiger charge is 2.48. The van der Waals surface area contributed by atoms with Crippen LogP contribution < -0.4 is 0 Å². The normalized spacial score (nSPS) is 31.9. The maximum absolute atomic E-state index is 11.1. The van der Waals surface area contributed by atoms with Crippen LogP contribution in [0.2, 0.25) is 0 Å². The highest BCUT2D eigenvalue weighted by Crippen LogP contribution is 2.58. The third-order valence-corrected chi connectivity index (χ3v) is 4.48. The number of hydrogen-bond donors (Lipinski definition) is 0. The molecule has 2 heteroatoms. The molecule has 14 heavy (non-hydrogen) atoms. The molecule has 0 amide bonds. The fraction of sp³-hybridized carbons (Fsp3) is 0.917. The predicted molar refractivity (Wildman–Crippen MR) is 55.1 cm³/mol. The summed E-state index contributed by atoms with van der Waals surface area (Å²) in [6, 6.07) is 0. The Balaban J connectivity index is 1.44. The van der Waals surface area contributed by atoms with Gasteiger partial charge < -0.3 is 0 Å². The van der Waals surface area contributed by atoms with Crippen molar-refractivity contribution < 1.29 is 4.79 Å². The second kappa shape index (κ2) is 3.06. The van der Waals surface area contributed by atoms with Crippen molar-refractivity contribution in [1.82, 2.24) is 4.90 Å². The third kappa shape index (κ3) is 1.40. The Labute approximate surface area is 85.7 Å². The number of Topliss-reactive ketones (excluding diaryl/α,β-unsaturated/α-hetero) is 1. The van der Waals surface area contributed by atoms with Gasteiger partial charge in [0.1, 0.15) is 5.78 Å². The fourth-order valence-corrected chi connectivity index (χ4v) is 3.59. The second-order valence-electron chi connectivity index (χ2n) is 5.65. The molecule has 0 radical (unpaired) electrons. The first kappa shape index (κ1) is 8.90. The van der Waals surface area contributed by atoms with Crippen molar-refractivity contribution in [2.75, 3.05) is 19.6 Å². The first-order chi connectivity index (χ1) is 6.76. The average Bonchev–Trinajstić information content (AvgIpc) is 2.39. The van der Waals surface area contributed by atoms with Crippen LogP contribution in [0.4, 0.5) is 0 Å². The summed E-state index contributed by atoms with van der Waals surface area (Å²) in [6.45, 7) is 2.97. The molecule has 0 unspecified atom stereocenters. The fourth-order valence-electron chi connectivity index (χ4n) is 3.59. The van der Waals surface area contributed by atoms with Crippen molar-refractivity contribution in [3.63, 3.8) is 0 Å². The van der Waals surface area contributed by atoms with E-state index in [0.717, 1.165) is 30.8 Å². The molecule has 3 rings (SSSR count). The third-order valence-electron chi connectivity index (χ3n) is 4.48. The average molecular weight is 193 g/mol. The molecular weight excluding hydrogens is 174 g/mol. The Morgan fingerprint density at radius 1 is 1.36 bits per heavy atom. The van der Waals surface area contributed by atoms with E-state index in [1.807, 2.05) is 0 Å². The molecule has 2 saturated carbocycles. The molecule has 0 atom stereocenters. The zero-order chi connectivity index (χ0) is 9.60. The van der Waals surface area contributed by atoms with Crippen molar-refractivity contribution >= 4 is 5.78 Å². The van der Waals surface area contributed by atoms with Crippen LogP contribution in [-0.4, -0.2) is 30.3 Å². The Morgan fingerprint density at radius 3 is 2.64 bits per heavy atom.